The number of hydrogen-bond donors (Lipinski definition) is 3. The van der Waals surface area contributed by atoms with E-state index >= 15 is 0 Å². The molecule has 3 N–H and O–H groups in total. The topological polar surface area (TPSA) is 83.4 Å². The molecule has 6 nitrogen and oxygen atoms in total. The number of rotatable bonds is 4. The van der Waals surface area contributed by atoms with E-state index in [2.05, 4.69) is 16.0 Å². The first-order valence-corrected chi connectivity index (χ1v) is 7.29. The smallest absolute Gasteiger partial charge is 0.262 e. The van der Waals surface area contributed by atoms with E-state index in [0.29, 0.717) is 16.9 Å². The van der Waals surface area contributed by atoms with Gasteiger partial charge in [-0.05, 0) is 24.3 Å². The highest BCUT2D eigenvalue weighted by molar-refractivity contribution is 6.04. The Balaban J connectivity index is 1.63. The molecule has 126 valence electrons. The van der Waals surface area contributed by atoms with Crippen LogP contribution >= 0.6 is 0 Å². The molecule has 1 aromatic carbocycles. The summed E-state index contributed by atoms with van der Waals surface area (Å²) in [6.07, 6.45) is 2.17. The van der Waals surface area contributed by atoms with Crippen LogP contribution in [-0.4, -0.2) is 30.3 Å². The molecule has 3 rings (SSSR count). The molecule has 2 amide bonds. The molecule has 1 fully saturated rings. The van der Waals surface area contributed by atoms with Crippen molar-refractivity contribution < 1.29 is 22.8 Å². The standard InChI is InChI=1S/C16H15F2N3O3/c17-16(18)7-13(19-9-16)15(23)21-12-3-1-2-11(6-12)20-14(22)10-4-5-24-8-10/h1-6,8,13,19H,7,9H2,(H,20,22)(H,21,23). The maximum atomic E-state index is 13.1. The molecule has 0 radical (unpaired) electrons. The number of hydrogen-bond acceptors (Lipinski definition) is 4. The maximum absolute atomic E-state index is 13.1. The third kappa shape index (κ3) is 3.77. The van der Waals surface area contributed by atoms with Gasteiger partial charge in [-0.15, -0.1) is 0 Å². The average Bonchev–Trinajstić information content (AvgIpc) is 3.17. The Kier molecular flexibility index (Phi) is 4.30. The Bertz CT molecular complexity index is 747. The van der Waals surface area contributed by atoms with E-state index in [1.807, 2.05) is 0 Å². The minimum Gasteiger partial charge on any atom is -0.472 e. The molecule has 0 spiro atoms. The number of anilines is 2. The summed E-state index contributed by atoms with van der Waals surface area (Å²) < 4.78 is 31.1. The van der Waals surface area contributed by atoms with E-state index in [1.54, 1.807) is 24.3 Å². The second-order valence-corrected chi connectivity index (χ2v) is 5.53. The van der Waals surface area contributed by atoms with Gasteiger partial charge in [-0.1, -0.05) is 6.07 Å². The number of carbonyl (C=O) groups is 2. The lowest BCUT2D eigenvalue weighted by Gasteiger charge is -2.12. The number of alkyl halides is 2. The highest BCUT2D eigenvalue weighted by Gasteiger charge is 2.42. The van der Waals surface area contributed by atoms with E-state index in [4.69, 9.17) is 4.42 Å². The first-order chi connectivity index (χ1) is 11.4. The van der Waals surface area contributed by atoms with Crippen molar-refractivity contribution in [1.82, 2.24) is 5.32 Å². The number of amides is 2. The van der Waals surface area contributed by atoms with Crippen LogP contribution in [0.15, 0.2) is 47.3 Å². The molecule has 0 saturated carbocycles. The zero-order valence-corrected chi connectivity index (χ0v) is 12.5. The molecule has 0 bridgehead atoms. The van der Waals surface area contributed by atoms with Crippen molar-refractivity contribution in [2.45, 2.75) is 18.4 Å². The van der Waals surface area contributed by atoms with Gasteiger partial charge in [0, 0.05) is 17.8 Å². The fourth-order valence-corrected chi connectivity index (χ4v) is 2.40. The monoisotopic (exact) mass is 335 g/mol. The van der Waals surface area contributed by atoms with Crippen LogP contribution < -0.4 is 16.0 Å². The van der Waals surface area contributed by atoms with Gasteiger partial charge in [0.05, 0.1) is 24.4 Å². The fraction of sp³-hybridized carbons (Fsp3) is 0.250. The van der Waals surface area contributed by atoms with Crippen molar-refractivity contribution in [2.24, 2.45) is 0 Å². The van der Waals surface area contributed by atoms with Crippen molar-refractivity contribution in [2.75, 3.05) is 17.2 Å². The molecule has 1 aliphatic heterocycles. The van der Waals surface area contributed by atoms with Crippen molar-refractivity contribution in [3.8, 4) is 0 Å². The van der Waals surface area contributed by atoms with Gasteiger partial charge in [0.25, 0.3) is 11.8 Å². The van der Waals surface area contributed by atoms with Crippen molar-refractivity contribution in [3.63, 3.8) is 0 Å². The first kappa shape index (κ1) is 16.1. The molecule has 0 aliphatic carbocycles. The Morgan fingerprint density at radius 3 is 2.58 bits per heavy atom. The quantitative estimate of drug-likeness (QED) is 0.801. The van der Waals surface area contributed by atoms with Crippen molar-refractivity contribution >= 4 is 23.2 Å². The fourth-order valence-electron chi connectivity index (χ4n) is 2.40. The Morgan fingerprint density at radius 2 is 1.96 bits per heavy atom. The molecule has 8 heteroatoms. The summed E-state index contributed by atoms with van der Waals surface area (Å²) in [5, 5.41) is 7.71. The van der Waals surface area contributed by atoms with Crippen LogP contribution in [0.1, 0.15) is 16.8 Å². The third-order valence-electron chi connectivity index (χ3n) is 3.60. The summed E-state index contributed by atoms with van der Waals surface area (Å²) in [7, 11) is 0. The van der Waals surface area contributed by atoms with E-state index in [9.17, 15) is 18.4 Å². The minimum absolute atomic E-state index is 0.357. The van der Waals surface area contributed by atoms with Crippen molar-refractivity contribution in [1.29, 1.82) is 0 Å². The first-order valence-electron chi connectivity index (χ1n) is 7.29. The number of benzene rings is 1. The molecule has 1 aromatic heterocycles. The summed E-state index contributed by atoms with van der Waals surface area (Å²) in [6, 6.07) is 7.02. The predicted octanol–water partition coefficient (Wildman–Crippen LogP) is 2.47. The van der Waals surface area contributed by atoms with Gasteiger partial charge >= 0.3 is 0 Å². The summed E-state index contributed by atoms with van der Waals surface area (Å²) in [4.78, 5) is 24.0. The SMILES string of the molecule is O=C(Nc1cccc(NC(=O)C2CC(F)(F)CN2)c1)c1ccoc1. The molecule has 1 atom stereocenters. The summed E-state index contributed by atoms with van der Waals surface area (Å²) >= 11 is 0. The van der Waals surface area contributed by atoms with E-state index in [-0.39, 0.29) is 5.91 Å². The molecule has 1 saturated heterocycles. The number of furan rings is 1. The van der Waals surface area contributed by atoms with E-state index in [0.717, 1.165) is 0 Å². The van der Waals surface area contributed by atoms with E-state index in [1.165, 1.54) is 18.6 Å². The Labute approximate surface area is 136 Å². The molecule has 2 aromatic rings. The molecular weight excluding hydrogens is 320 g/mol. The normalized spacial score (nSPS) is 19.0. The van der Waals surface area contributed by atoms with Gasteiger partial charge in [-0.3, -0.25) is 14.9 Å². The van der Waals surface area contributed by atoms with Crippen LogP contribution in [0, 0.1) is 0 Å². The van der Waals surface area contributed by atoms with Crippen LogP contribution in [0.4, 0.5) is 20.2 Å². The van der Waals surface area contributed by atoms with Gasteiger partial charge in [-0.2, -0.15) is 0 Å². The highest BCUT2D eigenvalue weighted by atomic mass is 19.3. The molecule has 2 heterocycles. The minimum atomic E-state index is -2.87. The Hall–Kier alpha value is -2.74. The van der Waals surface area contributed by atoms with Crippen LogP contribution in [-0.2, 0) is 4.79 Å². The van der Waals surface area contributed by atoms with Crippen LogP contribution in [0.2, 0.25) is 0 Å². The van der Waals surface area contributed by atoms with Gasteiger partial charge in [0.2, 0.25) is 5.91 Å². The Morgan fingerprint density at radius 1 is 1.21 bits per heavy atom. The van der Waals surface area contributed by atoms with Gasteiger partial charge < -0.3 is 15.1 Å². The summed E-state index contributed by atoms with van der Waals surface area (Å²) in [5.41, 5.74) is 1.23. The van der Waals surface area contributed by atoms with E-state index < -0.39 is 30.8 Å². The maximum Gasteiger partial charge on any atom is 0.262 e. The largest absolute Gasteiger partial charge is 0.472 e. The lowest BCUT2D eigenvalue weighted by atomic mass is 10.1. The van der Waals surface area contributed by atoms with Crippen LogP contribution in [0.3, 0.4) is 0 Å². The number of carbonyl (C=O) groups excluding carboxylic acids is 2. The number of halogens is 2. The third-order valence-corrected chi connectivity index (χ3v) is 3.60. The lowest BCUT2D eigenvalue weighted by Crippen LogP contribution is -2.35. The summed E-state index contributed by atoms with van der Waals surface area (Å²) in [6.45, 7) is -0.508. The molecule has 1 unspecified atom stereocenters. The number of nitrogens with one attached hydrogen (secondary N) is 3. The zero-order valence-electron chi connectivity index (χ0n) is 12.5. The zero-order chi connectivity index (χ0) is 17.2. The van der Waals surface area contributed by atoms with Gasteiger partial charge in [0.15, 0.2) is 0 Å². The second kappa shape index (κ2) is 6.40. The lowest BCUT2D eigenvalue weighted by molar-refractivity contribution is -0.118. The van der Waals surface area contributed by atoms with Crippen LogP contribution in [0.5, 0.6) is 0 Å². The summed E-state index contributed by atoms with van der Waals surface area (Å²) in [5.74, 6) is -3.77. The molecular formula is C16H15F2N3O3. The predicted molar refractivity (Wildman–Crippen MR) is 83.1 cm³/mol. The molecule has 1 aliphatic rings. The average molecular weight is 335 g/mol. The second-order valence-electron chi connectivity index (χ2n) is 5.53. The highest BCUT2D eigenvalue weighted by Crippen LogP contribution is 2.26. The van der Waals surface area contributed by atoms with Crippen LogP contribution in [0.25, 0.3) is 0 Å². The van der Waals surface area contributed by atoms with Crippen molar-refractivity contribution in [3.05, 3.63) is 48.4 Å². The van der Waals surface area contributed by atoms with Gasteiger partial charge in [0.1, 0.15) is 6.26 Å². The van der Waals surface area contributed by atoms with Gasteiger partial charge in [-0.25, -0.2) is 8.78 Å². The molecule has 24 heavy (non-hydrogen) atoms.